The van der Waals surface area contributed by atoms with Crippen molar-refractivity contribution in [2.45, 2.75) is 12.5 Å². The first-order chi connectivity index (χ1) is 12.8. The van der Waals surface area contributed by atoms with E-state index < -0.39 is 0 Å². The van der Waals surface area contributed by atoms with E-state index in [1.165, 1.54) is 11.1 Å². The van der Waals surface area contributed by atoms with Gasteiger partial charge in [0, 0.05) is 38.6 Å². The number of thiocarbonyl (C=S) groups is 1. The summed E-state index contributed by atoms with van der Waals surface area (Å²) in [6.45, 7) is 4.98. The third kappa shape index (κ3) is 5.76. The zero-order valence-corrected chi connectivity index (χ0v) is 15.8. The molecule has 26 heavy (non-hydrogen) atoms. The maximum atomic E-state index is 5.49. The van der Waals surface area contributed by atoms with E-state index in [-0.39, 0.29) is 6.04 Å². The molecule has 2 N–H and O–H groups in total. The lowest BCUT2D eigenvalue weighted by Gasteiger charge is -2.35. The smallest absolute Gasteiger partial charge is 0.166 e. The van der Waals surface area contributed by atoms with Crippen LogP contribution in [-0.2, 0) is 11.2 Å². The average Bonchev–Trinajstić information content (AvgIpc) is 2.71. The van der Waals surface area contributed by atoms with E-state index in [0.717, 1.165) is 45.8 Å². The van der Waals surface area contributed by atoms with Crippen LogP contribution in [0.25, 0.3) is 0 Å². The van der Waals surface area contributed by atoms with Crippen LogP contribution in [0.4, 0.5) is 0 Å². The first-order valence-corrected chi connectivity index (χ1v) is 9.51. The average molecular weight is 371 g/mol. The van der Waals surface area contributed by atoms with Gasteiger partial charge in [-0.25, -0.2) is 0 Å². The number of nitrogens with zero attached hydrogens (tertiary/aromatic N) is 2. The van der Waals surface area contributed by atoms with Crippen LogP contribution in [0.15, 0.2) is 54.9 Å². The standard InChI is InChI=1S/C20H26N4OS/c26-20(22-10-8-17-5-2-1-3-6-17)23-16-19(18-7-4-9-21-15-18)24-11-13-25-14-12-24/h1-7,9,15,19H,8,10-14,16H2,(H2,22,23,26)/t19-/m1/s1. The molecule has 138 valence electrons. The molecule has 2 aromatic rings. The summed E-state index contributed by atoms with van der Waals surface area (Å²) in [6.07, 6.45) is 4.70. The quantitative estimate of drug-likeness (QED) is 0.729. The zero-order valence-electron chi connectivity index (χ0n) is 14.9. The summed E-state index contributed by atoms with van der Waals surface area (Å²) in [4.78, 5) is 6.71. The van der Waals surface area contributed by atoms with Crippen LogP contribution in [0, 0.1) is 0 Å². The molecule has 1 atom stereocenters. The number of hydrogen-bond acceptors (Lipinski definition) is 4. The molecule has 1 aromatic heterocycles. The van der Waals surface area contributed by atoms with E-state index in [2.05, 4.69) is 50.8 Å². The Morgan fingerprint density at radius 3 is 2.65 bits per heavy atom. The van der Waals surface area contributed by atoms with Crippen molar-refractivity contribution in [3.8, 4) is 0 Å². The van der Waals surface area contributed by atoms with Crippen molar-refractivity contribution in [2.24, 2.45) is 0 Å². The topological polar surface area (TPSA) is 49.4 Å². The van der Waals surface area contributed by atoms with E-state index >= 15 is 0 Å². The molecule has 1 aliphatic heterocycles. The molecule has 0 spiro atoms. The predicted octanol–water partition coefficient (Wildman–Crippen LogP) is 2.16. The van der Waals surface area contributed by atoms with Crippen LogP contribution < -0.4 is 10.6 Å². The van der Waals surface area contributed by atoms with Gasteiger partial charge in [-0.2, -0.15) is 0 Å². The Morgan fingerprint density at radius 2 is 1.92 bits per heavy atom. The first kappa shape index (κ1) is 18.8. The van der Waals surface area contributed by atoms with Crippen LogP contribution in [0.1, 0.15) is 17.2 Å². The number of morpholine rings is 1. The molecule has 1 aliphatic rings. The van der Waals surface area contributed by atoms with Crippen molar-refractivity contribution in [1.29, 1.82) is 0 Å². The Morgan fingerprint density at radius 1 is 1.12 bits per heavy atom. The van der Waals surface area contributed by atoms with Gasteiger partial charge >= 0.3 is 0 Å². The second-order valence-corrected chi connectivity index (χ2v) is 6.73. The number of nitrogens with one attached hydrogen (secondary N) is 2. The molecule has 0 unspecified atom stereocenters. The van der Waals surface area contributed by atoms with Gasteiger partial charge in [0.25, 0.3) is 0 Å². The van der Waals surface area contributed by atoms with Gasteiger partial charge in [-0.1, -0.05) is 36.4 Å². The number of pyridine rings is 1. The summed E-state index contributed by atoms with van der Waals surface area (Å²) in [5.74, 6) is 0. The van der Waals surface area contributed by atoms with E-state index in [4.69, 9.17) is 17.0 Å². The van der Waals surface area contributed by atoms with Gasteiger partial charge in [-0.3, -0.25) is 9.88 Å². The van der Waals surface area contributed by atoms with E-state index in [1.807, 2.05) is 24.5 Å². The predicted molar refractivity (Wildman–Crippen MR) is 108 cm³/mol. The molecule has 1 aromatic carbocycles. The largest absolute Gasteiger partial charge is 0.379 e. The van der Waals surface area contributed by atoms with Crippen LogP contribution in [-0.4, -0.2) is 54.4 Å². The van der Waals surface area contributed by atoms with Gasteiger partial charge in [-0.15, -0.1) is 0 Å². The Bertz CT molecular complexity index is 662. The lowest BCUT2D eigenvalue weighted by Crippen LogP contribution is -2.45. The van der Waals surface area contributed by atoms with Crippen molar-refractivity contribution in [3.05, 3.63) is 66.0 Å². The molecule has 0 radical (unpaired) electrons. The number of rotatable bonds is 7. The Hall–Kier alpha value is -2.02. The van der Waals surface area contributed by atoms with Crippen molar-refractivity contribution in [3.63, 3.8) is 0 Å². The van der Waals surface area contributed by atoms with Gasteiger partial charge in [0.2, 0.25) is 0 Å². The molecule has 1 fully saturated rings. The fraction of sp³-hybridized carbons (Fsp3) is 0.400. The van der Waals surface area contributed by atoms with Crippen LogP contribution >= 0.6 is 12.2 Å². The molecule has 0 saturated carbocycles. The lowest BCUT2D eigenvalue weighted by atomic mass is 10.1. The second-order valence-electron chi connectivity index (χ2n) is 6.32. The zero-order chi connectivity index (χ0) is 18.0. The normalized spacial score (nSPS) is 16.0. The minimum Gasteiger partial charge on any atom is -0.379 e. The van der Waals surface area contributed by atoms with Crippen LogP contribution in [0.5, 0.6) is 0 Å². The lowest BCUT2D eigenvalue weighted by molar-refractivity contribution is 0.0169. The maximum absolute atomic E-state index is 5.49. The fourth-order valence-electron chi connectivity index (χ4n) is 3.14. The van der Waals surface area contributed by atoms with Crippen molar-refractivity contribution in [2.75, 3.05) is 39.4 Å². The van der Waals surface area contributed by atoms with Crippen molar-refractivity contribution < 1.29 is 4.74 Å². The van der Waals surface area contributed by atoms with Crippen LogP contribution in [0.3, 0.4) is 0 Å². The highest BCUT2D eigenvalue weighted by Gasteiger charge is 2.22. The minimum atomic E-state index is 0.237. The number of benzene rings is 1. The number of hydrogen-bond donors (Lipinski definition) is 2. The van der Waals surface area contributed by atoms with Gasteiger partial charge in [-0.05, 0) is 35.8 Å². The van der Waals surface area contributed by atoms with Gasteiger partial charge in [0.15, 0.2) is 5.11 Å². The second kappa shape index (κ2) is 10.2. The summed E-state index contributed by atoms with van der Waals surface area (Å²) >= 11 is 5.46. The molecule has 1 saturated heterocycles. The molecule has 0 amide bonds. The molecule has 6 heteroatoms. The van der Waals surface area contributed by atoms with Crippen molar-refractivity contribution >= 4 is 17.3 Å². The minimum absolute atomic E-state index is 0.237. The number of aromatic nitrogens is 1. The molecule has 0 aliphatic carbocycles. The highest BCUT2D eigenvalue weighted by molar-refractivity contribution is 7.80. The SMILES string of the molecule is S=C(NCCc1ccccc1)NC[C@H](c1cccnc1)N1CCOCC1. The van der Waals surface area contributed by atoms with Crippen molar-refractivity contribution in [1.82, 2.24) is 20.5 Å². The highest BCUT2D eigenvalue weighted by atomic mass is 32.1. The third-order valence-electron chi connectivity index (χ3n) is 4.55. The molecular formula is C20H26N4OS. The summed E-state index contributed by atoms with van der Waals surface area (Å²) < 4.78 is 5.49. The molecule has 2 heterocycles. The van der Waals surface area contributed by atoms with E-state index in [1.54, 1.807) is 0 Å². The Balaban J connectivity index is 1.49. The molecule has 3 rings (SSSR count). The first-order valence-electron chi connectivity index (χ1n) is 9.10. The third-order valence-corrected chi connectivity index (χ3v) is 4.84. The molecular weight excluding hydrogens is 344 g/mol. The van der Waals surface area contributed by atoms with Gasteiger partial charge < -0.3 is 15.4 Å². The highest BCUT2D eigenvalue weighted by Crippen LogP contribution is 2.20. The summed E-state index contributed by atoms with van der Waals surface area (Å²) in [6, 6.07) is 14.8. The number of ether oxygens (including phenoxy) is 1. The monoisotopic (exact) mass is 370 g/mol. The van der Waals surface area contributed by atoms with Gasteiger partial charge in [0.1, 0.15) is 0 Å². The Kier molecular flexibility index (Phi) is 7.37. The van der Waals surface area contributed by atoms with E-state index in [9.17, 15) is 0 Å². The summed E-state index contributed by atoms with van der Waals surface area (Å²) in [7, 11) is 0. The molecule has 0 bridgehead atoms. The van der Waals surface area contributed by atoms with Crippen LogP contribution in [0.2, 0.25) is 0 Å². The fourth-order valence-corrected chi connectivity index (χ4v) is 3.32. The molecule has 5 nitrogen and oxygen atoms in total. The maximum Gasteiger partial charge on any atom is 0.166 e. The van der Waals surface area contributed by atoms with Gasteiger partial charge in [0.05, 0.1) is 19.3 Å². The summed E-state index contributed by atoms with van der Waals surface area (Å²) in [5.41, 5.74) is 2.51. The summed E-state index contributed by atoms with van der Waals surface area (Å²) in [5, 5.41) is 7.37. The Labute approximate surface area is 160 Å². The van der Waals surface area contributed by atoms with E-state index in [0.29, 0.717) is 5.11 Å².